The number of nitriles is 1. The molecule has 2 aromatic rings. The van der Waals surface area contributed by atoms with Crippen LogP contribution in [0.5, 0.6) is 5.75 Å². The van der Waals surface area contributed by atoms with E-state index in [-0.39, 0.29) is 5.56 Å². The predicted molar refractivity (Wildman–Crippen MR) is 74.8 cm³/mol. The number of hydrogen-bond acceptors (Lipinski definition) is 3. The number of methoxy groups -OCH3 is 1. The SMILES string of the molecule is COc1ccc(C#N)cc1-c1cc(C(=O)O)ccc1C. The lowest BCUT2D eigenvalue weighted by atomic mass is 9.96. The summed E-state index contributed by atoms with van der Waals surface area (Å²) in [6, 6.07) is 12.0. The van der Waals surface area contributed by atoms with Crippen molar-refractivity contribution in [2.45, 2.75) is 6.92 Å². The summed E-state index contributed by atoms with van der Waals surface area (Å²) in [6.45, 7) is 1.89. The average Bonchev–Trinajstić information content (AvgIpc) is 2.46. The highest BCUT2D eigenvalue weighted by molar-refractivity contribution is 5.90. The highest BCUT2D eigenvalue weighted by atomic mass is 16.5. The minimum Gasteiger partial charge on any atom is -0.496 e. The minimum absolute atomic E-state index is 0.204. The van der Waals surface area contributed by atoms with Gasteiger partial charge in [0.15, 0.2) is 0 Å². The van der Waals surface area contributed by atoms with Crippen molar-refractivity contribution in [3.05, 3.63) is 53.1 Å². The number of hydrogen-bond donors (Lipinski definition) is 1. The molecule has 0 amide bonds. The van der Waals surface area contributed by atoms with Crippen molar-refractivity contribution in [1.29, 1.82) is 5.26 Å². The topological polar surface area (TPSA) is 70.3 Å². The summed E-state index contributed by atoms with van der Waals surface area (Å²) in [7, 11) is 1.54. The fourth-order valence-corrected chi connectivity index (χ4v) is 2.03. The van der Waals surface area contributed by atoms with E-state index in [9.17, 15) is 4.79 Å². The van der Waals surface area contributed by atoms with Crippen LogP contribution in [0.15, 0.2) is 36.4 Å². The van der Waals surface area contributed by atoms with Crippen LogP contribution in [0.3, 0.4) is 0 Å². The van der Waals surface area contributed by atoms with E-state index in [1.807, 2.05) is 6.92 Å². The molecule has 0 aromatic heterocycles. The Hall–Kier alpha value is -2.80. The Balaban J connectivity index is 2.69. The van der Waals surface area contributed by atoms with Crippen LogP contribution in [0, 0.1) is 18.3 Å². The largest absolute Gasteiger partial charge is 0.496 e. The van der Waals surface area contributed by atoms with Crippen molar-refractivity contribution in [2.24, 2.45) is 0 Å². The Morgan fingerprint density at radius 2 is 1.95 bits per heavy atom. The zero-order valence-electron chi connectivity index (χ0n) is 11.2. The maximum atomic E-state index is 11.1. The summed E-state index contributed by atoms with van der Waals surface area (Å²) in [5, 5.41) is 18.1. The molecule has 2 aromatic carbocycles. The molecule has 4 heteroatoms. The molecule has 0 heterocycles. The van der Waals surface area contributed by atoms with Crippen LogP contribution >= 0.6 is 0 Å². The minimum atomic E-state index is -0.985. The van der Waals surface area contributed by atoms with Crippen LogP contribution in [0.25, 0.3) is 11.1 Å². The summed E-state index contributed by atoms with van der Waals surface area (Å²) < 4.78 is 5.30. The predicted octanol–water partition coefficient (Wildman–Crippen LogP) is 3.24. The van der Waals surface area contributed by atoms with Gasteiger partial charge in [-0.25, -0.2) is 4.79 Å². The number of aryl methyl sites for hydroxylation is 1. The second kappa shape index (κ2) is 5.45. The molecule has 20 heavy (non-hydrogen) atoms. The first-order valence-electron chi connectivity index (χ1n) is 5.99. The highest BCUT2D eigenvalue weighted by Gasteiger charge is 2.12. The van der Waals surface area contributed by atoms with Gasteiger partial charge in [-0.1, -0.05) is 6.07 Å². The molecule has 2 rings (SSSR count). The van der Waals surface area contributed by atoms with Gasteiger partial charge < -0.3 is 9.84 Å². The summed E-state index contributed by atoms with van der Waals surface area (Å²) in [5.41, 5.74) is 3.09. The summed E-state index contributed by atoms with van der Waals surface area (Å²) in [6.07, 6.45) is 0. The van der Waals surface area contributed by atoms with Gasteiger partial charge in [0.25, 0.3) is 0 Å². The third-order valence-electron chi connectivity index (χ3n) is 3.10. The Morgan fingerprint density at radius 3 is 2.55 bits per heavy atom. The smallest absolute Gasteiger partial charge is 0.335 e. The van der Waals surface area contributed by atoms with Gasteiger partial charge in [-0.05, 0) is 48.4 Å². The molecule has 100 valence electrons. The van der Waals surface area contributed by atoms with Gasteiger partial charge in [-0.3, -0.25) is 0 Å². The fourth-order valence-electron chi connectivity index (χ4n) is 2.03. The van der Waals surface area contributed by atoms with Crippen molar-refractivity contribution >= 4 is 5.97 Å². The van der Waals surface area contributed by atoms with Gasteiger partial charge in [0.05, 0.1) is 24.3 Å². The Morgan fingerprint density at radius 1 is 1.20 bits per heavy atom. The number of rotatable bonds is 3. The number of carbonyl (C=O) groups is 1. The Bertz CT molecular complexity index is 714. The summed E-state index contributed by atoms with van der Waals surface area (Å²) in [4.78, 5) is 11.1. The number of carboxylic acid groups (broad SMARTS) is 1. The maximum Gasteiger partial charge on any atom is 0.335 e. The molecular weight excluding hydrogens is 254 g/mol. The maximum absolute atomic E-state index is 11.1. The van der Waals surface area contributed by atoms with E-state index in [4.69, 9.17) is 15.1 Å². The third kappa shape index (κ3) is 2.47. The number of benzene rings is 2. The van der Waals surface area contributed by atoms with Crippen LogP contribution in [0.1, 0.15) is 21.5 Å². The van der Waals surface area contributed by atoms with E-state index in [1.54, 1.807) is 43.5 Å². The Labute approximate surface area is 116 Å². The second-order valence-corrected chi connectivity index (χ2v) is 4.36. The van der Waals surface area contributed by atoms with Crippen LogP contribution in [0.2, 0.25) is 0 Å². The van der Waals surface area contributed by atoms with E-state index < -0.39 is 5.97 Å². The quantitative estimate of drug-likeness (QED) is 0.926. The zero-order chi connectivity index (χ0) is 14.7. The zero-order valence-corrected chi connectivity index (χ0v) is 11.2. The lowest BCUT2D eigenvalue weighted by Crippen LogP contribution is -1.98. The molecule has 0 aliphatic carbocycles. The van der Waals surface area contributed by atoms with E-state index in [0.717, 1.165) is 11.1 Å². The van der Waals surface area contributed by atoms with Crippen molar-refractivity contribution in [2.75, 3.05) is 7.11 Å². The van der Waals surface area contributed by atoms with Gasteiger partial charge in [-0.15, -0.1) is 0 Å². The van der Waals surface area contributed by atoms with Crippen LogP contribution in [-0.2, 0) is 0 Å². The summed E-state index contributed by atoms with van der Waals surface area (Å²) >= 11 is 0. The van der Waals surface area contributed by atoms with Crippen molar-refractivity contribution in [3.8, 4) is 22.9 Å². The molecule has 4 nitrogen and oxygen atoms in total. The fraction of sp³-hybridized carbons (Fsp3) is 0.125. The molecular formula is C16H13NO3. The van der Waals surface area contributed by atoms with Gasteiger partial charge in [-0.2, -0.15) is 5.26 Å². The van der Waals surface area contributed by atoms with Crippen molar-refractivity contribution < 1.29 is 14.6 Å². The molecule has 0 saturated carbocycles. The monoisotopic (exact) mass is 267 g/mol. The number of nitrogens with zero attached hydrogens (tertiary/aromatic N) is 1. The van der Waals surface area contributed by atoms with Crippen LogP contribution in [0.4, 0.5) is 0 Å². The highest BCUT2D eigenvalue weighted by Crippen LogP contribution is 2.33. The average molecular weight is 267 g/mol. The van der Waals surface area contributed by atoms with Crippen LogP contribution < -0.4 is 4.74 Å². The first-order chi connectivity index (χ1) is 9.56. The molecule has 0 fully saturated rings. The van der Waals surface area contributed by atoms with E-state index in [1.165, 1.54) is 0 Å². The lowest BCUT2D eigenvalue weighted by Gasteiger charge is -2.12. The van der Waals surface area contributed by atoms with Crippen molar-refractivity contribution in [3.63, 3.8) is 0 Å². The first-order valence-corrected chi connectivity index (χ1v) is 5.99. The van der Waals surface area contributed by atoms with E-state index in [0.29, 0.717) is 16.9 Å². The van der Waals surface area contributed by atoms with Crippen LogP contribution in [-0.4, -0.2) is 18.2 Å². The molecule has 0 aliphatic rings. The Kier molecular flexibility index (Phi) is 3.72. The third-order valence-corrected chi connectivity index (χ3v) is 3.10. The number of carboxylic acids is 1. The lowest BCUT2D eigenvalue weighted by molar-refractivity contribution is 0.0697. The molecule has 0 aliphatic heterocycles. The first kappa shape index (κ1) is 13.6. The van der Waals surface area contributed by atoms with Crippen molar-refractivity contribution in [1.82, 2.24) is 0 Å². The number of ether oxygens (including phenoxy) is 1. The molecule has 0 unspecified atom stereocenters. The molecule has 0 atom stereocenters. The molecule has 0 bridgehead atoms. The summed E-state index contributed by atoms with van der Waals surface area (Å²) in [5.74, 6) is -0.378. The molecule has 0 spiro atoms. The second-order valence-electron chi connectivity index (χ2n) is 4.36. The molecule has 1 N–H and O–H groups in total. The standard InChI is InChI=1S/C16H13NO3/c1-10-3-5-12(16(18)19)8-13(10)14-7-11(9-17)4-6-15(14)20-2/h3-8H,1-2H3,(H,18,19). The van der Waals surface area contributed by atoms with Gasteiger partial charge in [0, 0.05) is 5.56 Å². The van der Waals surface area contributed by atoms with Gasteiger partial charge in [0.1, 0.15) is 5.75 Å². The normalized spacial score (nSPS) is 9.85. The number of aromatic carboxylic acids is 1. The van der Waals surface area contributed by atoms with Gasteiger partial charge in [0.2, 0.25) is 0 Å². The molecule has 0 saturated heterocycles. The molecule has 0 radical (unpaired) electrons. The van der Waals surface area contributed by atoms with E-state index >= 15 is 0 Å². The van der Waals surface area contributed by atoms with Gasteiger partial charge >= 0.3 is 5.97 Å². The van der Waals surface area contributed by atoms with E-state index in [2.05, 4.69) is 6.07 Å².